The van der Waals surface area contributed by atoms with Crippen molar-refractivity contribution in [3.05, 3.63) is 55.6 Å². The van der Waals surface area contributed by atoms with Crippen molar-refractivity contribution in [1.29, 1.82) is 0 Å². The van der Waals surface area contributed by atoms with Gasteiger partial charge in [0.05, 0.1) is 29.6 Å². The smallest absolute Gasteiger partial charge is 0.378 e. The highest BCUT2D eigenvalue weighted by Gasteiger charge is 2.35. The lowest BCUT2D eigenvalue weighted by molar-refractivity contribution is -0.144. The minimum Gasteiger partial charge on any atom is -0.378 e. The largest absolute Gasteiger partial charge is 0.431 e. The molecule has 30 heavy (non-hydrogen) atoms. The van der Waals surface area contributed by atoms with Crippen molar-refractivity contribution in [2.45, 2.75) is 6.18 Å². The Morgan fingerprint density at radius 1 is 1.17 bits per heavy atom. The molecule has 162 valence electrons. The number of halogens is 5. The van der Waals surface area contributed by atoms with Gasteiger partial charge in [-0.1, -0.05) is 11.6 Å². The standard InChI is InChI=1S/C17H15ClF4N4O4/c1-24-13(17(20,21)22)8-14(27)26(16(24)29)12-7-11(9(18)6-10(12)19)23-15(28)25-2-4-30-5-3-25/h6-8H,2-5H2,1H3,(H,23,28). The normalized spacial score (nSPS) is 14.7. The Bertz CT molecular complexity index is 1110. The fraction of sp³-hybridized carbons (Fsp3) is 0.353. The topological polar surface area (TPSA) is 85.6 Å². The van der Waals surface area contributed by atoms with Crippen LogP contribution >= 0.6 is 11.6 Å². The number of benzene rings is 1. The monoisotopic (exact) mass is 450 g/mol. The maximum atomic E-state index is 14.5. The predicted octanol–water partition coefficient (Wildman–Crippen LogP) is 2.21. The molecule has 1 fully saturated rings. The molecule has 0 spiro atoms. The minimum atomic E-state index is -4.96. The maximum Gasteiger partial charge on any atom is 0.431 e. The third-order valence-electron chi connectivity index (χ3n) is 4.43. The van der Waals surface area contributed by atoms with E-state index in [-0.39, 0.29) is 25.9 Å². The molecule has 1 aromatic carbocycles. The van der Waals surface area contributed by atoms with Crippen molar-refractivity contribution in [3.8, 4) is 5.69 Å². The quantitative estimate of drug-likeness (QED) is 0.711. The highest BCUT2D eigenvalue weighted by atomic mass is 35.5. The van der Waals surface area contributed by atoms with E-state index in [1.165, 1.54) is 4.90 Å². The van der Waals surface area contributed by atoms with Gasteiger partial charge in [-0.15, -0.1) is 0 Å². The molecule has 2 heterocycles. The summed E-state index contributed by atoms with van der Waals surface area (Å²) in [6.45, 7) is 1.26. The lowest BCUT2D eigenvalue weighted by atomic mass is 10.2. The van der Waals surface area contributed by atoms with Crippen LogP contribution in [0.25, 0.3) is 5.69 Å². The lowest BCUT2D eigenvalue weighted by Gasteiger charge is -2.27. The van der Waals surface area contributed by atoms with Gasteiger partial charge in [0, 0.05) is 26.2 Å². The Kier molecular flexibility index (Phi) is 5.90. The van der Waals surface area contributed by atoms with Gasteiger partial charge in [0.15, 0.2) is 0 Å². The molecule has 0 unspecified atom stereocenters. The summed E-state index contributed by atoms with van der Waals surface area (Å²) >= 11 is 5.95. The number of carbonyl (C=O) groups is 1. The molecule has 3 rings (SSSR count). The van der Waals surface area contributed by atoms with Crippen LogP contribution in [0.15, 0.2) is 27.8 Å². The number of rotatable bonds is 2. The van der Waals surface area contributed by atoms with Crippen LogP contribution in [0.5, 0.6) is 0 Å². The van der Waals surface area contributed by atoms with Crippen molar-refractivity contribution in [1.82, 2.24) is 14.0 Å². The molecule has 2 aromatic rings. The number of anilines is 1. The first-order chi connectivity index (χ1) is 14.0. The Hall–Kier alpha value is -2.86. The van der Waals surface area contributed by atoms with Gasteiger partial charge < -0.3 is 15.0 Å². The van der Waals surface area contributed by atoms with Gasteiger partial charge >= 0.3 is 17.9 Å². The first-order valence-corrected chi connectivity index (χ1v) is 8.92. The van der Waals surface area contributed by atoms with Gasteiger partial charge in [0.2, 0.25) is 0 Å². The molecule has 8 nitrogen and oxygen atoms in total. The van der Waals surface area contributed by atoms with Crippen LogP contribution in [0.2, 0.25) is 5.02 Å². The average Bonchev–Trinajstić information content (AvgIpc) is 2.67. The van der Waals surface area contributed by atoms with Crippen LogP contribution in [-0.4, -0.2) is 46.4 Å². The molecule has 1 N–H and O–H groups in total. The Morgan fingerprint density at radius 2 is 1.80 bits per heavy atom. The second kappa shape index (κ2) is 8.11. The number of nitrogens with zero attached hydrogens (tertiary/aromatic N) is 3. The molecule has 0 bridgehead atoms. The summed E-state index contributed by atoms with van der Waals surface area (Å²) in [7, 11) is 0.802. The average molecular weight is 451 g/mol. The maximum absolute atomic E-state index is 14.5. The van der Waals surface area contributed by atoms with Crippen LogP contribution < -0.4 is 16.6 Å². The highest BCUT2D eigenvalue weighted by molar-refractivity contribution is 6.33. The molecule has 1 saturated heterocycles. The van der Waals surface area contributed by atoms with Gasteiger partial charge in [-0.3, -0.25) is 9.36 Å². The number of urea groups is 1. The third-order valence-corrected chi connectivity index (χ3v) is 4.74. The molecule has 0 aliphatic carbocycles. The van der Waals surface area contributed by atoms with Crippen LogP contribution in [0.1, 0.15) is 5.69 Å². The van der Waals surface area contributed by atoms with E-state index in [9.17, 15) is 31.9 Å². The fourth-order valence-electron chi connectivity index (χ4n) is 2.88. The fourth-order valence-corrected chi connectivity index (χ4v) is 3.08. The molecule has 2 amide bonds. The molecule has 13 heteroatoms. The Morgan fingerprint density at radius 3 is 2.40 bits per heavy atom. The number of ether oxygens (including phenoxy) is 1. The minimum absolute atomic E-state index is 0.126. The van der Waals surface area contributed by atoms with Crippen molar-refractivity contribution in [3.63, 3.8) is 0 Å². The van der Waals surface area contributed by atoms with E-state index in [1.54, 1.807) is 0 Å². The van der Waals surface area contributed by atoms with Crippen LogP contribution in [0, 0.1) is 5.82 Å². The lowest BCUT2D eigenvalue weighted by Crippen LogP contribution is -2.43. The molecular formula is C17H15ClF4N4O4. The molecule has 0 radical (unpaired) electrons. The first kappa shape index (κ1) is 21.8. The van der Waals surface area contributed by atoms with Gasteiger partial charge in [0.1, 0.15) is 11.5 Å². The zero-order chi connectivity index (χ0) is 22.2. The zero-order valence-electron chi connectivity index (χ0n) is 15.4. The van der Waals surface area contributed by atoms with Crippen molar-refractivity contribution in [2.75, 3.05) is 31.6 Å². The second-order valence-corrected chi connectivity index (χ2v) is 6.76. The molecule has 1 aliphatic heterocycles. The molecule has 0 atom stereocenters. The number of hydrogen-bond acceptors (Lipinski definition) is 4. The van der Waals surface area contributed by atoms with E-state index in [0.717, 1.165) is 19.2 Å². The number of carbonyl (C=O) groups excluding carboxylic acids is 1. The predicted molar refractivity (Wildman–Crippen MR) is 98.7 cm³/mol. The van der Waals surface area contributed by atoms with Crippen LogP contribution in [0.3, 0.4) is 0 Å². The summed E-state index contributed by atoms with van der Waals surface area (Å²) in [4.78, 5) is 38.4. The summed E-state index contributed by atoms with van der Waals surface area (Å²) in [5, 5.41) is 2.21. The number of hydrogen-bond donors (Lipinski definition) is 1. The second-order valence-electron chi connectivity index (χ2n) is 6.36. The van der Waals surface area contributed by atoms with E-state index < -0.39 is 40.7 Å². The first-order valence-electron chi connectivity index (χ1n) is 8.54. The Labute approximate surface area is 171 Å². The van der Waals surface area contributed by atoms with E-state index in [4.69, 9.17) is 16.3 Å². The molecular weight excluding hydrogens is 436 g/mol. The molecule has 1 aromatic heterocycles. The van der Waals surface area contributed by atoms with Crippen molar-refractivity contribution >= 4 is 23.3 Å². The number of morpholine rings is 1. The summed E-state index contributed by atoms with van der Waals surface area (Å²) in [5.41, 5.74) is -5.07. The summed E-state index contributed by atoms with van der Waals surface area (Å²) in [6, 6.07) is 1.26. The summed E-state index contributed by atoms with van der Waals surface area (Å²) < 4.78 is 59.0. The molecule has 0 saturated carbocycles. The van der Waals surface area contributed by atoms with E-state index in [1.807, 2.05) is 0 Å². The number of nitrogens with one attached hydrogen (secondary N) is 1. The number of amides is 2. The summed E-state index contributed by atoms with van der Waals surface area (Å²) in [6.07, 6.45) is -4.96. The van der Waals surface area contributed by atoms with Crippen molar-refractivity contribution in [2.24, 2.45) is 7.05 Å². The third kappa shape index (κ3) is 4.19. The Balaban J connectivity index is 2.06. The van der Waals surface area contributed by atoms with Crippen molar-refractivity contribution < 1.29 is 27.1 Å². The van der Waals surface area contributed by atoms with Gasteiger partial charge in [-0.2, -0.15) is 13.2 Å². The van der Waals surface area contributed by atoms with Crippen LogP contribution in [0.4, 0.5) is 28.0 Å². The van der Waals surface area contributed by atoms with Crippen LogP contribution in [-0.2, 0) is 18.0 Å². The van der Waals surface area contributed by atoms with E-state index in [0.29, 0.717) is 26.3 Å². The molecule has 1 aliphatic rings. The summed E-state index contributed by atoms with van der Waals surface area (Å²) in [5.74, 6) is -1.14. The SMILES string of the molecule is Cn1c(C(F)(F)F)cc(=O)n(-c2cc(NC(=O)N3CCOCC3)c(Cl)cc2F)c1=O. The number of alkyl halides is 3. The van der Waals surface area contributed by atoms with Gasteiger partial charge in [-0.25, -0.2) is 18.5 Å². The van der Waals surface area contributed by atoms with E-state index >= 15 is 0 Å². The van der Waals surface area contributed by atoms with E-state index in [2.05, 4.69) is 5.32 Å². The highest BCUT2D eigenvalue weighted by Crippen LogP contribution is 2.29. The van der Waals surface area contributed by atoms with Gasteiger partial charge in [-0.05, 0) is 12.1 Å². The number of aromatic nitrogens is 2. The zero-order valence-corrected chi connectivity index (χ0v) is 16.2. The van der Waals surface area contributed by atoms with Gasteiger partial charge in [0.25, 0.3) is 5.56 Å².